The van der Waals surface area contributed by atoms with E-state index in [1.807, 2.05) is 50.4 Å². The molecular weight excluding hydrogens is 296 g/mol. The van der Waals surface area contributed by atoms with Gasteiger partial charge in [0, 0.05) is 29.6 Å². The molecule has 0 amide bonds. The van der Waals surface area contributed by atoms with Gasteiger partial charge in [-0.05, 0) is 55.1 Å². The SMILES string of the molecule is [2H]C(C)(C)Cc1ccc2c(n1)oc1c(-c3cc(C)ccn3)cccc12. The Hall–Kier alpha value is -2.68. The van der Waals surface area contributed by atoms with E-state index >= 15 is 0 Å². The van der Waals surface area contributed by atoms with Crippen LogP contribution in [-0.2, 0) is 6.42 Å². The summed E-state index contributed by atoms with van der Waals surface area (Å²) in [6, 6.07) is 14.2. The van der Waals surface area contributed by atoms with E-state index in [2.05, 4.69) is 29.0 Å². The van der Waals surface area contributed by atoms with Gasteiger partial charge in [-0.15, -0.1) is 0 Å². The van der Waals surface area contributed by atoms with Crippen LogP contribution in [0.5, 0.6) is 0 Å². The molecule has 3 heteroatoms. The second kappa shape index (κ2) is 5.75. The highest BCUT2D eigenvalue weighted by Gasteiger charge is 2.14. The molecule has 0 atom stereocenters. The Morgan fingerprint density at radius 3 is 2.79 bits per heavy atom. The van der Waals surface area contributed by atoms with Crippen molar-refractivity contribution in [2.45, 2.75) is 27.2 Å². The molecule has 4 aromatic rings. The highest BCUT2D eigenvalue weighted by atomic mass is 16.3. The van der Waals surface area contributed by atoms with E-state index in [9.17, 15) is 0 Å². The van der Waals surface area contributed by atoms with Crippen LogP contribution in [-0.4, -0.2) is 9.97 Å². The van der Waals surface area contributed by atoms with Crippen molar-refractivity contribution >= 4 is 22.1 Å². The molecule has 1 aromatic carbocycles. The summed E-state index contributed by atoms with van der Waals surface area (Å²) in [7, 11) is 0. The molecule has 3 nitrogen and oxygen atoms in total. The lowest BCUT2D eigenvalue weighted by Crippen LogP contribution is -1.96. The van der Waals surface area contributed by atoms with E-state index in [-0.39, 0.29) is 0 Å². The molecule has 0 N–H and O–H groups in total. The standard InChI is InChI=1S/C21H20N2O/c1-13(2)11-15-7-8-17-16-5-4-6-18(20(16)24-21(17)23-15)19-12-14(3)9-10-22-19/h4-10,12-13H,11H2,1-3H3/i13D. The first-order valence-electron chi connectivity index (χ1n) is 8.65. The summed E-state index contributed by atoms with van der Waals surface area (Å²) < 4.78 is 14.2. The van der Waals surface area contributed by atoms with Crippen molar-refractivity contribution in [1.82, 2.24) is 9.97 Å². The third kappa shape index (κ3) is 2.56. The molecule has 0 unspecified atom stereocenters. The van der Waals surface area contributed by atoms with Crippen LogP contribution in [0.3, 0.4) is 0 Å². The van der Waals surface area contributed by atoms with Gasteiger partial charge in [-0.25, -0.2) is 4.98 Å². The normalized spacial score (nSPS) is 12.7. The molecule has 0 aliphatic rings. The Balaban J connectivity index is 1.91. The lowest BCUT2D eigenvalue weighted by Gasteiger charge is -2.02. The number of hydrogen-bond donors (Lipinski definition) is 0. The van der Waals surface area contributed by atoms with Crippen molar-refractivity contribution in [3.8, 4) is 11.3 Å². The molecule has 3 aromatic heterocycles. The lowest BCUT2D eigenvalue weighted by molar-refractivity contribution is 0.621. The Labute approximate surface area is 142 Å². The van der Waals surface area contributed by atoms with Crippen molar-refractivity contribution < 1.29 is 5.79 Å². The van der Waals surface area contributed by atoms with Crippen molar-refractivity contribution in [2.75, 3.05) is 0 Å². The van der Waals surface area contributed by atoms with Gasteiger partial charge in [-0.2, -0.15) is 0 Å². The van der Waals surface area contributed by atoms with Gasteiger partial charge in [0.05, 0.1) is 5.69 Å². The molecule has 4 rings (SSSR count). The minimum atomic E-state index is -0.552. The second-order valence-electron chi connectivity index (χ2n) is 6.54. The van der Waals surface area contributed by atoms with E-state index in [0.717, 1.165) is 38.9 Å². The van der Waals surface area contributed by atoms with Gasteiger partial charge in [0.15, 0.2) is 0 Å². The zero-order valence-electron chi connectivity index (χ0n) is 15.1. The topological polar surface area (TPSA) is 38.9 Å². The Morgan fingerprint density at radius 2 is 2.00 bits per heavy atom. The van der Waals surface area contributed by atoms with Crippen molar-refractivity contribution in [3.05, 3.63) is 59.9 Å². The lowest BCUT2D eigenvalue weighted by atomic mass is 10.0. The summed E-state index contributed by atoms with van der Waals surface area (Å²) in [5.74, 6) is -0.552. The molecule has 0 radical (unpaired) electrons. The first-order valence-corrected chi connectivity index (χ1v) is 8.15. The molecule has 0 aliphatic carbocycles. The monoisotopic (exact) mass is 317 g/mol. The zero-order chi connectivity index (χ0) is 17.6. The van der Waals surface area contributed by atoms with Gasteiger partial charge in [-0.3, -0.25) is 4.98 Å². The number of hydrogen-bond acceptors (Lipinski definition) is 3. The maximum Gasteiger partial charge on any atom is 0.227 e. The highest BCUT2D eigenvalue weighted by Crippen LogP contribution is 2.34. The highest BCUT2D eigenvalue weighted by molar-refractivity contribution is 6.08. The van der Waals surface area contributed by atoms with Crippen molar-refractivity contribution in [3.63, 3.8) is 0 Å². The number of nitrogens with zero attached hydrogens (tertiary/aromatic N) is 2. The Kier molecular flexibility index (Phi) is 3.29. The maximum atomic E-state index is 8.07. The van der Waals surface area contributed by atoms with Crippen LogP contribution < -0.4 is 0 Å². The smallest absolute Gasteiger partial charge is 0.227 e. The van der Waals surface area contributed by atoms with E-state index in [0.29, 0.717) is 12.1 Å². The predicted octanol–water partition coefficient (Wildman–Crippen LogP) is 5.55. The summed E-state index contributed by atoms with van der Waals surface area (Å²) in [6.45, 7) is 5.83. The van der Waals surface area contributed by atoms with Crippen LogP contribution in [0.2, 0.25) is 0 Å². The number of rotatable bonds is 3. The third-order valence-electron chi connectivity index (χ3n) is 4.15. The van der Waals surface area contributed by atoms with Crippen LogP contribution in [0.15, 0.2) is 53.1 Å². The van der Waals surface area contributed by atoms with Crippen LogP contribution in [0, 0.1) is 12.8 Å². The van der Waals surface area contributed by atoms with Gasteiger partial charge in [0.25, 0.3) is 0 Å². The molecule has 0 saturated carbocycles. The van der Waals surface area contributed by atoms with E-state index in [1.54, 1.807) is 0 Å². The van der Waals surface area contributed by atoms with Gasteiger partial charge in [0.1, 0.15) is 5.58 Å². The quantitative estimate of drug-likeness (QED) is 0.497. The van der Waals surface area contributed by atoms with Crippen LogP contribution in [0.4, 0.5) is 0 Å². The Morgan fingerprint density at radius 1 is 1.12 bits per heavy atom. The minimum Gasteiger partial charge on any atom is -0.437 e. The van der Waals surface area contributed by atoms with Gasteiger partial charge < -0.3 is 4.42 Å². The molecule has 0 saturated heterocycles. The molecule has 0 fully saturated rings. The third-order valence-corrected chi connectivity index (χ3v) is 4.15. The number of para-hydroxylation sites is 1. The zero-order valence-corrected chi connectivity index (χ0v) is 14.1. The van der Waals surface area contributed by atoms with Crippen molar-refractivity contribution in [1.29, 1.82) is 0 Å². The molecule has 24 heavy (non-hydrogen) atoms. The van der Waals surface area contributed by atoms with Gasteiger partial charge >= 0.3 is 0 Å². The van der Waals surface area contributed by atoms with Crippen LogP contribution in [0.1, 0.15) is 26.5 Å². The number of furan rings is 1. The fraction of sp³-hybridized carbons (Fsp3) is 0.238. The van der Waals surface area contributed by atoms with Crippen LogP contribution >= 0.6 is 0 Å². The van der Waals surface area contributed by atoms with Crippen LogP contribution in [0.25, 0.3) is 33.3 Å². The summed E-state index contributed by atoms with van der Waals surface area (Å²) in [5, 5.41) is 2.04. The predicted molar refractivity (Wildman–Crippen MR) is 98.0 cm³/mol. The number of aromatic nitrogens is 2. The number of pyridine rings is 2. The maximum absolute atomic E-state index is 8.07. The fourth-order valence-electron chi connectivity index (χ4n) is 3.06. The molecule has 3 heterocycles. The number of fused-ring (bicyclic) bond motifs is 3. The molecule has 120 valence electrons. The summed E-state index contributed by atoms with van der Waals surface area (Å²) in [6.07, 6.45) is 2.41. The molecule has 0 aliphatic heterocycles. The van der Waals surface area contributed by atoms with Gasteiger partial charge in [-0.1, -0.05) is 26.0 Å². The summed E-state index contributed by atoms with van der Waals surface area (Å²) in [5.41, 5.74) is 5.35. The van der Waals surface area contributed by atoms with E-state index in [4.69, 9.17) is 5.79 Å². The van der Waals surface area contributed by atoms with E-state index < -0.39 is 5.89 Å². The average molecular weight is 317 g/mol. The average Bonchev–Trinajstić information content (AvgIpc) is 2.90. The van der Waals surface area contributed by atoms with E-state index in [1.165, 1.54) is 0 Å². The second-order valence-corrected chi connectivity index (χ2v) is 6.54. The largest absolute Gasteiger partial charge is 0.437 e. The number of benzene rings is 1. The first-order chi connectivity index (χ1) is 11.9. The molecular formula is C21H20N2O. The van der Waals surface area contributed by atoms with Gasteiger partial charge in [0.2, 0.25) is 5.71 Å². The minimum absolute atomic E-state index is 0.552. The number of aryl methyl sites for hydroxylation is 1. The van der Waals surface area contributed by atoms with Crippen molar-refractivity contribution in [2.24, 2.45) is 5.89 Å². The molecule has 0 spiro atoms. The first kappa shape index (κ1) is 13.7. The summed E-state index contributed by atoms with van der Waals surface area (Å²) in [4.78, 5) is 9.13. The Bertz CT molecular complexity index is 1080. The summed E-state index contributed by atoms with van der Waals surface area (Å²) >= 11 is 0. The fourth-order valence-corrected chi connectivity index (χ4v) is 3.06. The molecule has 0 bridgehead atoms.